The van der Waals surface area contributed by atoms with Crippen LogP contribution >= 0.6 is 22.9 Å². The molecule has 0 aliphatic heterocycles. The molecule has 0 saturated heterocycles. The molecule has 0 unspecified atom stereocenters. The molecule has 0 fully saturated rings. The average molecular weight is 261 g/mol. The Labute approximate surface area is 108 Å². The van der Waals surface area contributed by atoms with Crippen molar-refractivity contribution >= 4 is 44.4 Å². The lowest BCUT2D eigenvalue weighted by molar-refractivity contribution is 1.33. The fourth-order valence-electron chi connectivity index (χ4n) is 1.69. The lowest BCUT2D eigenvalue weighted by Gasteiger charge is -2.04. The second kappa shape index (κ2) is 4.35. The lowest BCUT2D eigenvalue weighted by Crippen LogP contribution is -1.88. The first-order valence-electron chi connectivity index (χ1n) is 5.17. The molecule has 0 spiro atoms. The van der Waals surface area contributed by atoms with Gasteiger partial charge < -0.3 is 5.32 Å². The largest absolute Gasteiger partial charge is 0.354 e. The molecule has 0 aliphatic rings. The molecule has 0 amide bonds. The third-order valence-electron chi connectivity index (χ3n) is 2.50. The Balaban J connectivity index is 2.01. The number of anilines is 2. The van der Waals surface area contributed by atoms with Gasteiger partial charge in [-0.25, -0.2) is 0 Å². The highest BCUT2D eigenvalue weighted by Crippen LogP contribution is 2.33. The maximum absolute atomic E-state index is 5.97. The fourth-order valence-corrected chi connectivity index (χ4v) is 2.86. The van der Waals surface area contributed by atoms with Crippen molar-refractivity contribution in [2.24, 2.45) is 0 Å². The number of fused-ring (bicyclic) bond motifs is 1. The summed E-state index contributed by atoms with van der Waals surface area (Å²) in [5, 5.41) is 7.44. The molecule has 1 aromatic carbocycles. The number of aromatic nitrogens is 1. The molecular weight excluding hydrogens is 252 g/mol. The van der Waals surface area contributed by atoms with Crippen molar-refractivity contribution in [1.29, 1.82) is 0 Å². The number of benzene rings is 1. The van der Waals surface area contributed by atoms with Crippen LogP contribution < -0.4 is 5.32 Å². The van der Waals surface area contributed by atoms with E-state index in [0.29, 0.717) is 0 Å². The summed E-state index contributed by atoms with van der Waals surface area (Å²) < 4.78 is 1.19. The van der Waals surface area contributed by atoms with Gasteiger partial charge in [-0.3, -0.25) is 4.98 Å². The van der Waals surface area contributed by atoms with E-state index in [-0.39, 0.29) is 0 Å². The maximum atomic E-state index is 5.97. The summed E-state index contributed by atoms with van der Waals surface area (Å²) in [5.74, 6) is 0. The van der Waals surface area contributed by atoms with Gasteiger partial charge in [0, 0.05) is 38.6 Å². The van der Waals surface area contributed by atoms with E-state index in [1.165, 1.54) is 10.1 Å². The van der Waals surface area contributed by atoms with Crippen LogP contribution in [0.2, 0.25) is 5.02 Å². The van der Waals surface area contributed by atoms with Gasteiger partial charge in [0.25, 0.3) is 0 Å². The van der Waals surface area contributed by atoms with Gasteiger partial charge in [0.05, 0.1) is 5.69 Å². The van der Waals surface area contributed by atoms with Crippen LogP contribution in [-0.4, -0.2) is 4.98 Å². The summed E-state index contributed by atoms with van der Waals surface area (Å²) in [5.41, 5.74) is 2.14. The molecule has 0 bridgehead atoms. The van der Waals surface area contributed by atoms with E-state index in [2.05, 4.69) is 15.7 Å². The molecule has 84 valence electrons. The van der Waals surface area contributed by atoms with Crippen LogP contribution in [0.15, 0.2) is 48.1 Å². The number of pyridine rings is 1. The summed E-state index contributed by atoms with van der Waals surface area (Å²) in [6, 6.07) is 9.82. The SMILES string of the molecule is Clc1ccc2c(Nc3ccncc3)csc2c1. The Morgan fingerprint density at radius 1 is 1.12 bits per heavy atom. The molecule has 0 atom stereocenters. The first-order chi connectivity index (χ1) is 8.33. The van der Waals surface area contributed by atoms with Crippen molar-refractivity contribution in [1.82, 2.24) is 4.98 Å². The molecule has 17 heavy (non-hydrogen) atoms. The van der Waals surface area contributed by atoms with Crippen molar-refractivity contribution in [3.05, 3.63) is 53.1 Å². The Morgan fingerprint density at radius 3 is 2.76 bits per heavy atom. The van der Waals surface area contributed by atoms with Gasteiger partial charge in [0.1, 0.15) is 0 Å². The molecule has 3 rings (SSSR count). The van der Waals surface area contributed by atoms with E-state index >= 15 is 0 Å². The number of hydrogen-bond donors (Lipinski definition) is 1. The minimum absolute atomic E-state index is 0.773. The summed E-state index contributed by atoms with van der Waals surface area (Å²) in [6.07, 6.45) is 3.54. The zero-order valence-corrected chi connectivity index (χ0v) is 10.4. The molecule has 2 nitrogen and oxygen atoms in total. The third-order valence-corrected chi connectivity index (χ3v) is 3.68. The van der Waals surface area contributed by atoms with Gasteiger partial charge in [0.15, 0.2) is 0 Å². The number of thiophene rings is 1. The van der Waals surface area contributed by atoms with Crippen LogP contribution in [0.25, 0.3) is 10.1 Å². The molecule has 0 saturated carbocycles. The van der Waals surface area contributed by atoms with Crippen LogP contribution in [-0.2, 0) is 0 Å². The zero-order chi connectivity index (χ0) is 11.7. The predicted molar refractivity (Wildman–Crippen MR) is 74.4 cm³/mol. The summed E-state index contributed by atoms with van der Waals surface area (Å²) in [7, 11) is 0. The maximum Gasteiger partial charge on any atom is 0.0572 e. The van der Waals surface area contributed by atoms with Gasteiger partial charge in [0.2, 0.25) is 0 Å². The van der Waals surface area contributed by atoms with Crippen LogP contribution in [0.4, 0.5) is 11.4 Å². The topological polar surface area (TPSA) is 24.9 Å². The van der Waals surface area contributed by atoms with Gasteiger partial charge in [-0.1, -0.05) is 11.6 Å². The van der Waals surface area contributed by atoms with Crippen molar-refractivity contribution < 1.29 is 0 Å². The first kappa shape index (κ1) is 10.6. The highest BCUT2D eigenvalue weighted by atomic mass is 35.5. The van der Waals surface area contributed by atoms with E-state index in [1.807, 2.05) is 30.3 Å². The van der Waals surface area contributed by atoms with Crippen molar-refractivity contribution in [2.45, 2.75) is 0 Å². The Hall–Kier alpha value is -1.58. The summed E-state index contributed by atoms with van der Waals surface area (Å²) >= 11 is 7.65. The highest BCUT2D eigenvalue weighted by molar-refractivity contribution is 7.17. The summed E-state index contributed by atoms with van der Waals surface area (Å²) in [6.45, 7) is 0. The van der Waals surface area contributed by atoms with Crippen LogP contribution in [0.3, 0.4) is 0 Å². The normalized spacial score (nSPS) is 10.6. The third kappa shape index (κ3) is 2.12. The minimum Gasteiger partial charge on any atom is -0.354 e. The van der Waals surface area contributed by atoms with Crippen molar-refractivity contribution in [3.8, 4) is 0 Å². The smallest absolute Gasteiger partial charge is 0.0572 e. The molecule has 0 radical (unpaired) electrons. The second-order valence-corrected chi connectivity index (χ2v) is 5.00. The Bertz CT molecular complexity index is 649. The van der Waals surface area contributed by atoms with Gasteiger partial charge in [-0.15, -0.1) is 11.3 Å². The van der Waals surface area contributed by atoms with E-state index in [1.54, 1.807) is 23.7 Å². The fraction of sp³-hybridized carbons (Fsp3) is 0. The number of nitrogens with zero attached hydrogens (tertiary/aromatic N) is 1. The zero-order valence-electron chi connectivity index (χ0n) is 8.85. The van der Waals surface area contributed by atoms with Crippen molar-refractivity contribution in [2.75, 3.05) is 5.32 Å². The Morgan fingerprint density at radius 2 is 1.94 bits per heavy atom. The Kier molecular flexibility index (Phi) is 2.71. The molecule has 0 aliphatic carbocycles. The molecule has 4 heteroatoms. The van der Waals surface area contributed by atoms with E-state index in [9.17, 15) is 0 Å². The molecular formula is C13H9ClN2S. The van der Waals surface area contributed by atoms with E-state index in [4.69, 9.17) is 11.6 Å². The van der Waals surface area contributed by atoms with Crippen LogP contribution in [0.5, 0.6) is 0 Å². The van der Waals surface area contributed by atoms with Gasteiger partial charge in [-0.2, -0.15) is 0 Å². The lowest BCUT2D eigenvalue weighted by atomic mass is 10.2. The first-order valence-corrected chi connectivity index (χ1v) is 6.42. The minimum atomic E-state index is 0.773. The van der Waals surface area contributed by atoms with Gasteiger partial charge >= 0.3 is 0 Å². The average Bonchev–Trinajstić information content (AvgIpc) is 2.73. The van der Waals surface area contributed by atoms with E-state index < -0.39 is 0 Å². The van der Waals surface area contributed by atoms with E-state index in [0.717, 1.165) is 16.4 Å². The number of halogens is 1. The number of rotatable bonds is 2. The molecule has 3 aromatic rings. The number of hydrogen-bond acceptors (Lipinski definition) is 3. The van der Waals surface area contributed by atoms with Crippen LogP contribution in [0.1, 0.15) is 0 Å². The quantitative estimate of drug-likeness (QED) is 0.723. The van der Waals surface area contributed by atoms with Crippen molar-refractivity contribution in [3.63, 3.8) is 0 Å². The standard InChI is InChI=1S/C13H9ClN2S/c14-9-1-2-11-12(8-17-13(11)7-9)16-10-3-5-15-6-4-10/h1-8H,(H,15,16). The predicted octanol–water partition coefficient (Wildman–Crippen LogP) is 4.69. The molecule has 2 heterocycles. The highest BCUT2D eigenvalue weighted by Gasteiger charge is 2.04. The second-order valence-electron chi connectivity index (χ2n) is 3.65. The number of nitrogens with one attached hydrogen (secondary N) is 1. The molecule has 1 N–H and O–H groups in total. The van der Waals surface area contributed by atoms with Crippen LogP contribution in [0, 0.1) is 0 Å². The summed E-state index contributed by atoms with van der Waals surface area (Å²) in [4.78, 5) is 3.99. The monoisotopic (exact) mass is 260 g/mol. The molecule has 2 aromatic heterocycles. The van der Waals surface area contributed by atoms with Gasteiger partial charge in [-0.05, 0) is 30.3 Å².